The number of rotatable bonds is 6. The molecule has 1 amide bonds. The smallest absolute Gasteiger partial charge is 0.240 e. The van der Waals surface area contributed by atoms with Crippen molar-refractivity contribution in [2.75, 3.05) is 13.0 Å². The zero-order valence-corrected chi connectivity index (χ0v) is 12.7. The number of methoxy groups -OCH3 is 1. The van der Waals surface area contributed by atoms with E-state index in [1.165, 1.54) is 0 Å². The highest BCUT2D eigenvalue weighted by Crippen LogP contribution is 2.26. The van der Waals surface area contributed by atoms with Crippen LogP contribution >= 0.6 is 11.6 Å². The summed E-state index contributed by atoms with van der Waals surface area (Å²) in [4.78, 5) is 16.7. The van der Waals surface area contributed by atoms with E-state index in [-0.39, 0.29) is 12.5 Å². The van der Waals surface area contributed by atoms with Crippen LogP contribution in [0.2, 0.25) is 0 Å². The molecule has 0 spiro atoms. The number of hydrogen-bond donors (Lipinski definition) is 1. The van der Waals surface area contributed by atoms with Crippen LogP contribution in [0, 0.1) is 0 Å². The van der Waals surface area contributed by atoms with E-state index in [4.69, 9.17) is 16.3 Å². The third-order valence-corrected chi connectivity index (χ3v) is 3.79. The summed E-state index contributed by atoms with van der Waals surface area (Å²) in [6.45, 7) is 0.270. The van der Waals surface area contributed by atoms with Crippen LogP contribution in [0.3, 0.4) is 0 Å². The van der Waals surface area contributed by atoms with E-state index in [2.05, 4.69) is 10.3 Å². The summed E-state index contributed by atoms with van der Waals surface area (Å²) in [6.07, 6.45) is 2.79. The molecule has 1 fully saturated rings. The van der Waals surface area contributed by atoms with E-state index in [0.717, 1.165) is 29.7 Å². The van der Waals surface area contributed by atoms with E-state index in [1.54, 1.807) is 7.11 Å². The van der Waals surface area contributed by atoms with Crippen molar-refractivity contribution in [3.63, 3.8) is 0 Å². The highest BCUT2D eigenvalue weighted by atomic mass is 35.5. The van der Waals surface area contributed by atoms with Gasteiger partial charge in [0, 0.05) is 18.3 Å². The Balaban J connectivity index is 1.96. The molecule has 21 heavy (non-hydrogen) atoms. The van der Waals surface area contributed by atoms with E-state index in [9.17, 15) is 4.79 Å². The van der Waals surface area contributed by atoms with Crippen LogP contribution < -0.4 is 10.1 Å². The number of nitrogens with zero attached hydrogens (tertiary/aromatic N) is 2. The van der Waals surface area contributed by atoms with Crippen molar-refractivity contribution in [3.8, 4) is 5.75 Å². The van der Waals surface area contributed by atoms with Gasteiger partial charge in [0.15, 0.2) is 0 Å². The number of amides is 1. The molecule has 1 saturated carbocycles. The van der Waals surface area contributed by atoms with Crippen molar-refractivity contribution in [3.05, 3.63) is 24.0 Å². The van der Waals surface area contributed by atoms with E-state index >= 15 is 0 Å². The number of aromatic nitrogens is 2. The van der Waals surface area contributed by atoms with Crippen LogP contribution in [-0.2, 0) is 17.8 Å². The number of imidazole rings is 1. The van der Waals surface area contributed by atoms with Gasteiger partial charge in [0.05, 0.1) is 12.6 Å². The zero-order chi connectivity index (χ0) is 14.8. The molecular weight excluding hydrogens is 290 g/mol. The van der Waals surface area contributed by atoms with Gasteiger partial charge in [-0.05, 0) is 25.0 Å². The third kappa shape index (κ3) is 2.97. The van der Waals surface area contributed by atoms with Crippen LogP contribution in [-0.4, -0.2) is 34.5 Å². The molecule has 0 radical (unpaired) electrons. The third-order valence-electron chi connectivity index (χ3n) is 3.60. The number of hydrogen-bond acceptors (Lipinski definition) is 3. The number of aryl methyl sites for hydroxylation is 1. The highest BCUT2D eigenvalue weighted by Gasteiger charge is 2.24. The van der Waals surface area contributed by atoms with Gasteiger partial charge in [-0.25, -0.2) is 4.98 Å². The molecular formula is C15H18ClN3O2. The van der Waals surface area contributed by atoms with E-state index in [1.807, 2.05) is 22.8 Å². The maximum absolute atomic E-state index is 12.1. The molecule has 0 saturated heterocycles. The number of para-hydroxylation sites is 1. The first kappa shape index (κ1) is 14.2. The topological polar surface area (TPSA) is 56.2 Å². The molecule has 0 atom stereocenters. The summed E-state index contributed by atoms with van der Waals surface area (Å²) < 4.78 is 7.27. The zero-order valence-electron chi connectivity index (χ0n) is 11.9. The predicted octanol–water partition coefficient (Wildman–Crippen LogP) is 2.10. The lowest BCUT2D eigenvalue weighted by Gasteiger charge is -2.09. The number of carbonyl (C=O) groups excluding carboxylic acids is 1. The first-order chi connectivity index (χ1) is 10.2. The molecule has 3 rings (SSSR count). The SMILES string of the molecule is COc1cccc2c1nc(CCCl)n2CC(=O)NC1CC1. The molecule has 1 heterocycles. The molecule has 2 aromatic rings. The molecule has 1 aromatic carbocycles. The van der Waals surface area contributed by atoms with Crippen LogP contribution in [0.1, 0.15) is 18.7 Å². The Morgan fingerprint density at radius 2 is 2.33 bits per heavy atom. The Hall–Kier alpha value is -1.75. The van der Waals surface area contributed by atoms with Gasteiger partial charge in [-0.15, -0.1) is 11.6 Å². The Bertz CT molecular complexity index is 664. The van der Waals surface area contributed by atoms with Gasteiger partial charge < -0.3 is 14.6 Å². The second kappa shape index (κ2) is 5.93. The van der Waals surface area contributed by atoms with Crippen molar-refractivity contribution in [1.82, 2.24) is 14.9 Å². The monoisotopic (exact) mass is 307 g/mol. The van der Waals surface area contributed by atoms with Gasteiger partial charge in [0.25, 0.3) is 0 Å². The van der Waals surface area contributed by atoms with Crippen LogP contribution in [0.25, 0.3) is 11.0 Å². The summed E-state index contributed by atoms with van der Waals surface area (Å²) >= 11 is 5.86. The van der Waals surface area contributed by atoms with Gasteiger partial charge in [0.1, 0.15) is 23.6 Å². The molecule has 112 valence electrons. The van der Waals surface area contributed by atoms with E-state index < -0.39 is 0 Å². The Morgan fingerprint density at radius 1 is 1.52 bits per heavy atom. The van der Waals surface area contributed by atoms with Crippen molar-refractivity contribution in [1.29, 1.82) is 0 Å². The molecule has 0 unspecified atom stereocenters. The average molecular weight is 308 g/mol. The number of halogens is 1. The number of fused-ring (bicyclic) bond motifs is 1. The van der Waals surface area contributed by atoms with Gasteiger partial charge in [0.2, 0.25) is 5.91 Å². The molecule has 0 bridgehead atoms. The number of ether oxygens (including phenoxy) is 1. The molecule has 5 nitrogen and oxygen atoms in total. The summed E-state index contributed by atoms with van der Waals surface area (Å²) in [5.41, 5.74) is 1.68. The first-order valence-corrected chi connectivity index (χ1v) is 7.64. The largest absolute Gasteiger partial charge is 0.494 e. The molecule has 1 N–H and O–H groups in total. The van der Waals surface area contributed by atoms with Crippen LogP contribution in [0.4, 0.5) is 0 Å². The highest BCUT2D eigenvalue weighted by molar-refractivity contribution is 6.17. The molecule has 1 aliphatic rings. The predicted molar refractivity (Wildman–Crippen MR) is 81.9 cm³/mol. The normalized spacial score (nSPS) is 14.4. The number of alkyl halides is 1. The molecule has 0 aliphatic heterocycles. The second-order valence-electron chi connectivity index (χ2n) is 5.22. The Labute approximate surface area is 128 Å². The lowest BCUT2D eigenvalue weighted by Crippen LogP contribution is -2.29. The quantitative estimate of drug-likeness (QED) is 0.832. The minimum absolute atomic E-state index is 0.0236. The van der Waals surface area contributed by atoms with Gasteiger partial charge in [-0.3, -0.25) is 4.79 Å². The summed E-state index contributed by atoms with van der Waals surface area (Å²) in [5, 5.41) is 3.00. The number of nitrogens with one attached hydrogen (secondary N) is 1. The second-order valence-corrected chi connectivity index (χ2v) is 5.60. The maximum Gasteiger partial charge on any atom is 0.240 e. The fourth-order valence-corrected chi connectivity index (χ4v) is 2.60. The molecule has 6 heteroatoms. The Kier molecular flexibility index (Phi) is 4.01. The van der Waals surface area contributed by atoms with Crippen LogP contribution in [0.15, 0.2) is 18.2 Å². The van der Waals surface area contributed by atoms with Crippen LogP contribution in [0.5, 0.6) is 5.75 Å². The fraction of sp³-hybridized carbons (Fsp3) is 0.467. The lowest BCUT2D eigenvalue weighted by atomic mass is 10.3. The standard InChI is InChI=1S/C15H18ClN3O2/c1-21-12-4-2-3-11-15(12)18-13(7-8-16)19(11)9-14(20)17-10-5-6-10/h2-4,10H,5-9H2,1H3,(H,17,20). The van der Waals surface area contributed by atoms with Gasteiger partial charge in [-0.1, -0.05) is 6.07 Å². The van der Waals surface area contributed by atoms with Gasteiger partial charge in [-0.2, -0.15) is 0 Å². The van der Waals surface area contributed by atoms with Crippen molar-refractivity contribution in [2.24, 2.45) is 0 Å². The van der Waals surface area contributed by atoms with E-state index in [0.29, 0.717) is 24.1 Å². The average Bonchev–Trinajstić information content (AvgIpc) is 3.22. The van der Waals surface area contributed by atoms with Crippen molar-refractivity contribution < 1.29 is 9.53 Å². The maximum atomic E-state index is 12.1. The number of carbonyl (C=O) groups is 1. The minimum Gasteiger partial charge on any atom is -0.494 e. The molecule has 1 aliphatic carbocycles. The van der Waals surface area contributed by atoms with Crippen molar-refractivity contribution in [2.45, 2.75) is 31.8 Å². The molecule has 1 aromatic heterocycles. The summed E-state index contributed by atoms with van der Waals surface area (Å²) in [5.74, 6) is 2.02. The fourth-order valence-electron chi connectivity index (χ4n) is 2.43. The minimum atomic E-state index is 0.0236. The summed E-state index contributed by atoms with van der Waals surface area (Å²) in [6, 6.07) is 6.09. The number of benzene rings is 1. The lowest BCUT2D eigenvalue weighted by molar-refractivity contribution is -0.121. The first-order valence-electron chi connectivity index (χ1n) is 7.10. The Morgan fingerprint density at radius 3 is 3.00 bits per heavy atom. The van der Waals surface area contributed by atoms with Gasteiger partial charge >= 0.3 is 0 Å². The van der Waals surface area contributed by atoms with Crippen molar-refractivity contribution >= 4 is 28.5 Å². The summed E-state index contributed by atoms with van der Waals surface area (Å²) in [7, 11) is 1.62.